The van der Waals surface area contributed by atoms with Crippen molar-refractivity contribution >= 4 is 20.1 Å². The third-order valence-corrected chi connectivity index (χ3v) is 14.0. The molecule has 26 heavy (non-hydrogen) atoms. The molecule has 0 bridgehead atoms. The van der Waals surface area contributed by atoms with Crippen molar-refractivity contribution in [1.29, 1.82) is 0 Å². The fourth-order valence-corrected chi connectivity index (χ4v) is 14.9. The Hall–Kier alpha value is -0.200. The summed E-state index contributed by atoms with van der Waals surface area (Å²) >= 11 is -0.930. The monoisotopic (exact) mass is 568 g/mol. The summed E-state index contributed by atoms with van der Waals surface area (Å²) in [5.74, 6) is 0. The first-order valence-electron chi connectivity index (χ1n) is 8.58. The van der Waals surface area contributed by atoms with Crippen molar-refractivity contribution < 1.29 is 47.7 Å². The standard InChI is InChI=1S/C11H12P.C11H11.2ClH.Hf/c1-12(2)11-7-9-5-3-4-6-10(9)8-11;1-8-6-7-9(2)11-5-3-4-10(8)11;;;/h3-8H,1-2H3;3-7H,1-2H3;2*1H;/q;;;;+2/p-2. The summed E-state index contributed by atoms with van der Waals surface area (Å²) in [6, 6.07) is 13.7. The summed E-state index contributed by atoms with van der Waals surface area (Å²) in [4.78, 5) is 0. The number of aryl methyl sites for hydroxylation is 2. The second kappa shape index (κ2) is 8.87. The van der Waals surface area contributed by atoms with Crippen LogP contribution in [-0.4, -0.2) is 13.3 Å². The number of allylic oxidation sites excluding steroid dienone is 2. The Labute approximate surface area is 182 Å². The van der Waals surface area contributed by atoms with Crippen LogP contribution in [-0.2, 0) is 22.9 Å². The second-order valence-electron chi connectivity index (χ2n) is 7.06. The van der Waals surface area contributed by atoms with Crippen LogP contribution in [0.25, 0.3) is 12.2 Å². The molecule has 0 fully saturated rings. The van der Waals surface area contributed by atoms with E-state index in [4.69, 9.17) is 0 Å². The maximum Gasteiger partial charge on any atom is -1.00 e. The molecular formula is C22H23Cl2HfP. The molecule has 0 heterocycles. The molecule has 0 amide bonds. The normalized spacial score (nSPS) is 19.2. The van der Waals surface area contributed by atoms with Crippen molar-refractivity contribution in [3.8, 4) is 0 Å². The fraction of sp³-hybridized carbons (Fsp3) is 0.273. The Bertz CT molecular complexity index is 870. The molecule has 2 aromatic carbocycles. The predicted molar refractivity (Wildman–Crippen MR) is 104 cm³/mol. The van der Waals surface area contributed by atoms with Gasteiger partial charge in [0.1, 0.15) is 0 Å². The van der Waals surface area contributed by atoms with E-state index >= 15 is 0 Å². The molecule has 2 atom stereocenters. The van der Waals surface area contributed by atoms with E-state index in [-0.39, 0.29) is 32.7 Å². The van der Waals surface area contributed by atoms with Gasteiger partial charge in [0, 0.05) is 0 Å². The van der Waals surface area contributed by atoms with Crippen molar-refractivity contribution in [2.45, 2.75) is 21.2 Å². The number of halogens is 2. The Morgan fingerprint density at radius 3 is 2.35 bits per heavy atom. The molecule has 0 nitrogen and oxygen atoms in total. The zero-order chi connectivity index (χ0) is 16.8. The summed E-state index contributed by atoms with van der Waals surface area (Å²) in [6.07, 6.45) is 7.45. The van der Waals surface area contributed by atoms with Crippen LogP contribution in [0, 0.1) is 13.8 Å². The van der Waals surface area contributed by atoms with Gasteiger partial charge in [0.25, 0.3) is 0 Å². The minimum absolute atomic E-state index is 0. The first-order chi connectivity index (χ1) is 11.6. The molecule has 4 heteroatoms. The summed E-state index contributed by atoms with van der Waals surface area (Å²) in [5.41, 5.74) is 9.21. The third-order valence-electron chi connectivity index (χ3n) is 5.26. The van der Waals surface area contributed by atoms with E-state index in [0.717, 1.165) is 7.35 Å². The van der Waals surface area contributed by atoms with Gasteiger partial charge in [-0.25, -0.2) is 0 Å². The summed E-state index contributed by atoms with van der Waals surface area (Å²) < 4.78 is 1.53. The molecule has 134 valence electrons. The van der Waals surface area contributed by atoms with E-state index in [1.807, 2.05) is 0 Å². The Balaban J connectivity index is 0.00000121. The molecule has 0 saturated carbocycles. The summed E-state index contributed by atoms with van der Waals surface area (Å²) in [7, 11) is -0.00301. The van der Waals surface area contributed by atoms with Crippen LogP contribution in [0.3, 0.4) is 0 Å². The molecular weight excluding hydrogens is 545 g/mol. The van der Waals surface area contributed by atoms with Crippen molar-refractivity contribution in [3.63, 3.8) is 0 Å². The SMILES string of the molecule is Cc1ccc(C)c2c1C=C[CH]2[Hf+2][CH]1C(P(C)C)=Cc2ccccc21.[Cl-].[Cl-]. The average molecular weight is 568 g/mol. The predicted octanol–water partition coefficient (Wildman–Crippen LogP) is 0.299. The van der Waals surface area contributed by atoms with Crippen LogP contribution < -0.4 is 24.8 Å². The van der Waals surface area contributed by atoms with Gasteiger partial charge in [-0.3, -0.25) is 0 Å². The number of rotatable bonds is 3. The van der Waals surface area contributed by atoms with Gasteiger partial charge in [-0.2, -0.15) is 0 Å². The zero-order valence-electron chi connectivity index (χ0n) is 15.6. The molecule has 0 spiro atoms. The van der Waals surface area contributed by atoms with Crippen molar-refractivity contribution in [3.05, 3.63) is 81.2 Å². The minimum Gasteiger partial charge on any atom is -1.00 e. The summed E-state index contributed by atoms with van der Waals surface area (Å²) in [5, 5.41) is 1.75. The van der Waals surface area contributed by atoms with Crippen LogP contribution in [0.1, 0.15) is 40.7 Å². The van der Waals surface area contributed by atoms with Gasteiger partial charge in [0.15, 0.2) is 0 Å². The first kappa shape index (κ1) is 22.1. The molecule has 0 aliphatic heterocycles. The minimum atomic E-state index is -0.930. The Morgan fingerprint density at radius 2 is 1.62 bits per heavy atom. The van der Waals surface area contributed by atoms with E-state index in [1.165, 1.54) is 22.3 Å². The van der Waals surface area contributed by atoms with Crippen LogP contribution >= 0.6 is 7.92 Å². The summed E-state index contributed by atoms with van der Waals surface area (Å²) in [6.45, 7) is 9.41. The number of benzene rings is 2. The third kappa shape index (κ3) is 3.83. The first-order valence-corrected chi connectivity index (χ1v) is 15.0. The van der Waals surface area contributed by atoms with Gasteiger partial charge in [-0.05, 0) is 0 Å². The average Bonchev–Trinajstić information content (AvgIpc) is 3.15. The number of hydrogen-bond acceptors (Lipinski definition) is 0. The smallest absolute Gasteiger partial charge is 1.00 e. The number of hydrogen-bond donors (Lipinski definition) is 0. The number of fused-ring (bicyclic) bond motifs is 2. The topological polar surface area (TPSA) is 0 Å². The van der Waals surface area contributed by atoms with Gasteiger partial charge < -0.3 is 24.8 Å². The maximum atomic E-state index is 2.53. The van der Waals surface area contributed by atoms with Crippen molar-refractivity contribution in [1.82, 2.24) is 0 Å². The van der Waals surface area contributed by atoms with Crippen LogP contribution in [0.15, 0.2) is 47.8 Å². The maximum absolute atomic E-state index is 2.53. The van der Waals surface area contributed by atoms with Crippen molar-refractivity contribution in [2.24, 2.45) is 0 Å². The molecule has 2 unspecified atom stereocenters. The molecule has 0 N–H and O–H groups in total. The molecule has 0 saturated heterocycles. The molecule has 0 aromatic heterocycles. The molecule has 2 aliphatic rings. The van der Waals surface area contributed by atoms with Gasteiger partial charge >= 0.3 is 159 Å². The van der Waals surface area contributed by atoms with E-state index in [9.17, 15) is 0 Å². The van der Waals surface area contributed by atoms with Crippen LogP contribution in [0.4, 0.5) is 0 Å². The van der Waals surface area contributed by atoms with E-state index in [2.05, 4.69) is 81.8 Å². The fourth-order valence-electron chi connectivity index (χ4n) is 3.97. The van der Waals surface area contributed by atoms with Crippen LogP contribution in [0.5, 0.6) is 0 Å². The molecule has 4 rings (SSSR count). The van der Waals surface area contributed by atoms with E-state index in [1.54, 1.807) is 16.4 Å². The van der Waals surface area contributed by atoms with Gasteiger partial charge in [-0.1, -0.05) is 0 Å². The second-order valence-corrected chi connectivity index (χ2v) is 14.9. The molecule has 2 aliphatic carbocycles. The van der Waals surface area contributed by atoms with Gasteiger partial charge in [0.2, 0.25) is 0 Å². The zero-order valence-corrected chi connectivity index (χ0v) is 21.6. The van der Waals surface area contributed by atoms with E-state index in [0.29, 0.717) is 0 Å². The van der Waals surface area contributed by atoms with E-state index < -0.39 is 22.9 Å². The molecule has 2 aromatic rings. The Kier molecular flexibility index (Phi) is 7.54. The molecule has 0 radical (unpaired) electrons. The van der Waals surface area contributed by atoms with Gasteiger partial charge in [-0.15, -0.1) is 0 Å². The van der Waals surface area contributed by atoms with Crippen LogP contribution in [0.2, 0.25) is 0 Å². The quantitative estimate of drug-likeness (QED) is 0.370. The van der Waals surface area contributed by atoms with Crippen molar-refractivity contribution in [2.75, 3.05) is 13.3 Å². The largest absolute Gasteiger partial charge is 1.00 e. The Morgan fingerprint density at radius 1 is 0.923 bits per heavy atom. The van der Waals surface area contributed by atoms with Gasteiger partial charge in [0.05, 0.1) is 0 Å².